The van der Waals surface area contributed by atoms with Crippen molar-refractivity contribution in [3.05, 3.63) is 12.2 Å². The van der Waals surface area contributed by atoms with Crippen molar-refractivity contribution in [3.8, 4) is 0 Å². The van der Waals surface area contributed by atoms with Gasteiger partial charge in [0.15, 0.2) is 0 Å². The van der Waals surface area contributed by atoms with Crippen molar-refractivity contribution in [3.63, 3.8) is 0 Å². The third-order valence-corrected chi connectivity index (χ3v) is 4.39. The largest absolute Gasteiger partial charge is 0.376 e. The van der Waals surface area contributed by atoms with E-state index in [1.807, 2.05) is 6.92 Å². The van der Waals surface area contributed by atoms with Crippen molar-refractivity contribution in [1.82, 2.24) is 10.2 Å². The van der Waals surface area contributed by atoms with Gasteiger partial charge in [-0.15, -0.1) is 0 Å². The lowest BCUT2D eigenvalue weighted by atomic mass is 9.81. The van der Waals surface area contributed by atoms with Crippen molar-refractivity contribution >= 4 is 0 Å². The third-order valence-electron chi connectivity index (χ3n) is 4.39. The second-order valence-electron chi connectivity index (χ2n) is 6.41. The first-order valence-corrected chi connectivity index (χ1v) is 7.90. The zero-order valence-electron chi connectivity index (χ0n) is 12.5. The minimum Gasteiger partial charge on any atom is -0.376 e. The molecule has 3 heteroatoms. The highest BCUT2D eigenvalue weighted by Gasteiger charge is 2.34. The van der Waals surface area contributed by atoms with Gasteiger partial charge in [-0.1, -0.05) is 31.4 Å². The first-order valence-electron chi connectivity index (χ1n) is 7.90. The molecule has 0 bridgehead atoms. The summed E-state index contributed by atoms with van der Waals surface area (Å²) in [6.07, 6.45) is 8.19. The van der Waals surface area contributed by atoms with Crippen molar-refractivity contribution in [2.45, 2.75) is 51.0 Å². The maximum absolute atomic E-state index is 5.65. The molecule has 1 spiro atoms. The van der Waals surface area contributed by atoms with Gasteiger partial charge >= 0.3 is 0 Å². The van der Waals surface area contributed by atoms with Crippen LogP contribution in [0.4, 0.5) is 0 Å². The standard InChI is InChI=1S/C16H30N2O/c1-15(2)13-19-12-11-18-10-6-9-17-16(14-18)7-4-3-5-8-16/h17H,1,3-14H2,2H3. The van der Waals surface area contributed by atoms with Gasteiger partial charge in [0, 0.05) is 18.6 Å². The normalized spacial score (nSPS) is 24.3. The van der Waals surface area contributed by atoms with Crippen molar-refractivity contribution < 1.29 is 4.74 Å². The quantitative estimate of drug-likeness (QED) is 0.611. The minimum atomic E-state index is 0.406. The van der Waals surface area contributed by atoms with Crippen LogP contribution in [0.5, 0.6) is 0 Å². The van der Waals surface area contributed by atoms with Crippen molar-refractivity contribution in [1.29, 1.82) is 0 Å². The maximum Gasteiger partial charge on any atom is 0.0672 e. The van der Waals surface area contributed by atoms with Gasteiger partial charge in [0.05, 0.1) is 13.2 Å². The molecule has 0 aromatic carbocycles. The molecule has 0 aromatic rings. The Kier molecular flexibility index (Phi) is 5.86. The van der Waals surface area contributed by atoms with Crippen LogP contribution in [0, 0.1) is 0 Å². The average molecular weight is 266 g/mol. The molecule has 110 valence electrons. The molecule has 0 atom stereocenters. The van der Waals surface area contributed by atoms with E-state index in [0.29, 0.717) is 12.1 Å². The van der Waals surface area contributed by atoms with Crippen LogP contribution in [0.3, 0.4) is 0 Å². The van der Waals surface area contributed by atoms with E-state index in [1.165, 1.54) is 58.2 Å². The summed E-state index contributed by atoms with van der Waals surface area (Å²) in [5, 5.41) is 3.84. The fourth-order valence-corrected chi connectivity index (χ4v) is 3.41. The Morgan fingerprint density at radius 1 is 1.26 bits per heavy atom. The van der Waals surface area contributed by atoms with Crippen molar-refractivity contribution in [2.24, 2.45) is 0 Å². The molecule has 0 unspecified atom stereocenters. The summed E-state index contributed by atoms with van der Waals surface area (Å²) in [7, 11) is 0. The Bertz CT molecular complexity index is 284. The molecule has 2 aliphatic rings. The van der Waals surface area contributed by atoms with Crippen LogP contribution in [0.15, 0.2) is 12.2 Å². The summed E-state index contributed by atoms with van der Waals surface area (Å²) >= 11 is 0. The Hall–Kier alpha value is -0.380. The van der Waals surface area contributed by atoms with E-state index in [-0.39, 0.29) is 0 Å². The molecule has 1 aliphatic carbocycles. The predicted molar refractivity (Wildman–Crippen MR) is 80.5 cm³/mol. The molecule has 1 saturated carbocycles. The van der Waals surface area contributed by atoms with Gasteiger partial charge in [0.1, 0.15) is 0 Å². The zero-order valence-corrected chi connectivity index (χ0v) is 12.5. The molecule has 0 radical (unpaired) electrons. The number of rotatable bonds is 5. The molecule has 1 saturated heterocycles. The smallest absolute Gasteiger partial charge is 0.0672 e. The zero-order chi connectivity index (χ0) is 13.6. The molecular formula is C16H30N2O. The lowest BCUT2D eigenvalue weighted by Crippen LogP contribution is -2.53. The summed E-state index contributed by atoms with van der Waals surface area (Å²) in [6.45, 7) is 12.1. The van der Waals surface area contributed by atoms with Gasteiger partial charge in [0.2, 0.25) is 0 Å². The molecule has 1 N–H and O–H groups in total. The van der Waals surface area contributed by atoms with Crippen LogP contribution in [-0.2, 0) is 4.74 Å². The van der Waals surface area contributed by atoms with E-state index in [4.69, 9.17) is 4.74 Å². The van der Waals surface area contributed by atoms with E-state index >= 15 is 0 Å². The van der Waals surface area contributed by atoms with Gasteiger partial charge in [0.25, 0.3) is 0 Å². The Morgan fingerprint density at radius 3 is 2.79 bits per heavy atom. The summed E-state index contributed by atoms with van der Waals surface area (Å²) in [4.78, 5) is 2.60. The summed E-state index contributed by atoms with van der Waals surface area (Å²) in [5.74, 6) is 0. The second-order valence-corrected chi connectivity index (χ2v) is 6.41. The molecule has 3 nitrogen and oxygen atoms in total. The minimum absolute atomic E-state index is 0.406. The Balaban J connectivity index is 1.77. The van der Waals surface area contributed by atoms with E-state index in [2.05, 4.69) is 16.8 Å². The molecule has 2 fully saturated rings. The van der Waals surface area contributed by atoms with Gasteiger partial charge in [-0.05, 0) is 39.3 Å². The van der Waals surface area contributed by atoms with Crippen LogP contribution in [0.2, 0.25) is 0 Å². The highest BCUT2D eigenvalue weighted by molar-refractivity contribution is 4.95. The highest BCUT2D eigenvalue weighted by Crippen LogP contribution is 2.30. The first kappa shape index (κ1) is 15.0. The number of hydrogen-bond donors (Lipinski definition) is 1. The van der Waals surface area contributed by atoms with Crippen LogP contribution in [0.25, 0.3) is 0 Å². The lowest BCUT2D eigenvalue weighted by Gasteiger charge is -2.40. The van der Waals surface area contributed by atoms with Crippen molar-refractivity contribution in [2.75, 3.05) is 39.4 Å². The topological polar surface area (TPSA) is 24.5 Å². The third kappa shape index (κ3) is 4.90. The number of ether oxygens (including phenoxy) is 1. The molecule has 2 rings (SSSR count). The first-order chi connectivity index (χ1) is 9.20. The number of nitrogens with zero attached hydrogens (tertiary/aromatic N) is 1. The Morgan fingerprint density at radius 2 is 2.05 bits per heavy atom. The average Bonchev–Trinajstić information content (AvgIpc) is 2.58. The van der Waals surface area contributed by atoms with E-state index in [9.17, 15) is 0 Å². The van der Waals surface area contributed by atoms with Gasteiger partial charge in [-0.25, -0.2) is 0 Å². The summed E-state index contributed by atoms with van der Waals surface area (Å²) in [6, 6.07) is 0. The van der Waals surface area contributed by atoms with Crippen LogP contribution in [0.1, 0.15) is 45.4 Å². The van der Waals surface area contributed by atoms with E-state index < -0.39 is 0 Å². The van der Waals surface area contributed by atoms with E-state index in [0.717, 1.165) is 18.7 Å². The molecule has 0 aromatic heterocycles. The molecule has 0 amide bonds. The van der Waals surface area contributed by atoms with Gasteiger partial charge in [-0.3, -0.25) is 4.90 Å². The van der Waals surface area contributed by atoms with Gasteiger partial charge < -0.3 is 10.1 Å². The van der Waals surface area contributed by atoms with Crippen LogP contribution in [-0.4, -0.2) is 49.8 Å². The van der Waals surface area contributed by atoms with Gasteiger partial charge in [-0.2, -0.15) is 0 Å². The molecule has 19 heavy (non-hydrogen) atoms. The fraction of sp³-hybridized carbons (Fsp3) is 0.875. The molecule has 1 heterocycles. The van der Waals surface area contributed by atoms with Crippen LogP contribution >= 0.6 is 0 Å². The maximum atomic E-state index is 5.65. The molecule has 1 aliphatic heterocycles. The highest BCUT2D eigenvalue weighted by atomic mass is 16.5. The second kappa shape index (κ2) is 7.41. The predicted octanol–water partition coefficient (Wildman–Crippen LogP) is 2.58. The lowest BCUT2D eigenvalue weighted by molar-refractivity contribution is 0.101. The molecular weight excluding hydrogens is 236 g/mol. The Labute approximate surface area is 118 Å². The monoisotopic (exact) mass is 266 g/mol. The van der Waals surface area contributed by atoms with Crippen LogP contribution < -0.4 is 5.32 Å². The van der Waals surface area contributed by atoms with E-state index in [1.54, 1.807) is 0 Å². The number of nitrogens with one attached hydrogen (secondary N) is 1. The number of hydrogen-bond acceptors (Lipinski definition) is 3. The summed E-state index contributed by atoms with van der Waals surface area (Å²) < 4.78 is 5.65. The summed E-state index contributed by atoms with van der Waals surface area (Å²) in [5.41, 5.74) is 1.52. The fourth-order valence-electron chi connectivity index (χ4n) is 3.41. The SMILES string of the molecule is C=C(C)COCCN1CCCNC2(CCCCC2)C1.